The lowest BCUT2D eigenvalue weighted by Crippen LogP contribution is -1.86. The van der Waals surface area contributed by atoms with Crippen LogP contribution in [0.2, 0.25) is 0 Å². The molecule has 13 heavy (non-hydrogen) atoms. The average Bonchev–Trinajstić information content (AvgIpc) is 2.60. The van der Waals surface area contributed by atoms with Gasteiger partial charge in [-0.05, 0) is 58.2 Å². The van der Waals surface area contributed by atoms with E-state index in [-0.39, 0.29) is 0 Å². The summed E-state index contributed by atoms with van der Waals surface area (Å²) in [4.78, 5) is 0. The van der Waals surface area contributed by atoms with Gasteiger partial charge in [-0.15, -0.1) is 22.9 Å². The van der Waals surface area contributed by atoms with E-state index in [1.165, 1.54) is 24.8 Å². The zero-order valence-corrected chi connectivity index (χ0v) is 10.8. The maximum atomic E-state index is 5.87. The molecule has 2 aromatic rings. The molecule has 0 saturated heterocycles. The third-order valence-electron chi connectivity index (χ3n) is 2.19. The van der Waals surface area contributed by atoms with Crippen molar-refractivity contribution < 1.29 is 0 Å². The lowest BCUT2D eigenvalue weighted by Gasteiger charge is -2.04. The Bertz CT molecular complexity index is 447. The minimum Gasteiger partial charge on any atom is -0.143 e. The van der Waals surface area contributed by atoms with E-state index < -0.39 is 0 Å². The van der Waals surface area contributed by atoms with Crippen LogP contribution in [-0.2, 0) is 5.88 Å². The Hall–Kier alpha value is 0.200. The van der Waals surface area contributed by atoms with Crippen molar-refractivity contribution >= 4 is 55.6 Å². The van der Waals surface area contributed by atoms with Crippen molar-refractivity contribution in [2.75, 3.05) is 0 Å². The molecule has 0 radical (unpaired) electrons. The molecule has 0 bridgehead atoms. The van der Waals surface area contributed by atoms with E-state index in [1.807, 2.05) is 0 Å². The Balaban J connectivity index is 2.85. The van der Waals surface area contributed by atoms with Gasteiger partial charge >= 0.3 is 0 Å². The van der Waals surface area contributed by atoms with E-state index in [2.05, 4.69) is 47.0 Å². The van der Waals surface area contributed by atoms with Crippen LogP contribution >= 0.6 is 45.5 Å². The highest BCUT2D eigenvalue weighted by atomic mass is 127. The number of fused-ring (bicyclic) bond motifs is 1. The number of thiophene rings is 1. The largest absolute Gasteiger partial charge is 0.143 e. The molecule has 0 atom stereocenters. The van der Waals surface area contributed by atoms with Crippen LogP contribution in [-0.4, -0.2) is 0 Å². The zero-order chi connectivity index (χ0) is 9.42. The second-order valence-electron chi connectivity index (χ2n) is 2.94. The third-order valence-corrected chi connectivity index (χ3v) is 4.40. The summed E-state index contributed by atoms with van der Waals surface area (Å²) in [6, 6.07) is 4.35. The van der Waals surface area contributed by atoms with Gasteiger partial charge in [-0.2, -0.15) is 0 Å². The number of hydrogen-bond donors (Lipinski definition) is 0. The summed E-state index contributed by atoms with van der Waals surface area (Å²) in [5, 5.41) is 3.50. The summed E-state index contributed by atoms with van der Waals surface area (Å²) in [7, 11) is 0. The predicted molar refractivity (Wildman–Crippen MR) is 68.8 cm³/mol. The molecule has 1 aromatic carbocycles. The summed E-state index contributed by atoms with van der Waals surface area (Å²) in [6.07, 6.45) is 0. The molecule has 0 amide bonds. The molecule has 3 heteroatoms. The Morgan fingerprint density at radius 1 is 1.54 bits per heavy atom. The first kappa shape index (κ1) is 9.74. The van der Waals surface area contributed by atoms with Gasteiger partial charge in [0.05, 0.1) is 0 Å². The van der Waals surface area contributed by atoms with Crippen LogP contribution in [0.4, 0.5) is 0 Å². The Morgan fingerprint density at radius 3 is 3.00 bits per heavy atom. The fourth-order valence-corrected chi connectivity index (χ4v) is 3.65. The molecule has 0 unspecified atom stereocenters. The Labute approximate surface area is 100 Å². The van der Waals surface area contributed by atoms with E-state index in [0.29, 0.717) is 5.88 Å². The quantitative estimate of drug-likeness (QED) is 0.533. The highest BCUT2D eigenvalue weighted by Crippen LogP contribution is 2.31. The minimum absolute atomic E-state index is 0.607. The first-order chi connectivity index (χ1) is 6.24. The maximum Gasteiger partial charge on any atom is 0.0477 e. The van der Waals surface area contributed by atoms with Gasteiger partial charge in [0.15, 0.2) is 0 Å². The number of alkyl halides is 1. The monoisotopic (exact) mass is 322 g/mol. The van der Waals surface area contributed by atoms with Crippen molar-refractivity contribution in [3.05, 3.63) is 32.2 Å². The summed E-state index contributed by atoms with van der Waals surface area (Å²) >= 11 is 10.0. The predicted octanol–water partition coefficient (Wildman–Crippen LogP) is 4.55. The van der Waals surface area contributed by atoms with Crippen LogP contribution in [0, 0.1) is 10.5 Å². The van der Waals surface area contributed by atoms with Crippen molar-refractivity contribution in [3.8, 4) is 0 Å². The SMILES string of the molecule is Cc1c(CCl)cc(I)c2ccsc12. The molecule has 0 spiro atoms. The summed E-state index contributed by atoms with van der Waals surface area (Å²) < 4.78 is 2.68. The van der Waals surface area contributed by atoms with Crippen molar-refractivity contribution in [3.63, 3.8) is 0 Å². The second-order valence-corrected chi connectivity index (χ2v) is 5.29. The minimum atomic E-state index is 0.607. The molecular formula is C10H8ClIS. The van der Waals surface area contributed by atoms with Gasteiger partial charge in [0.2, 0.25) is 0 Å². The smallest absolute Gasteiger partial charge is 0.0477 e. The summed E-state index contributed by atoms with van der Waals surface area (Å²) in [6.45, 7) is 2.15. The maximum absolute atomic E-state index is 5.87. The van der Waals surface area contributed by atoms with Crippen LogP contribution in [0.25, 0.3) is 10.1 Å². The molecule has 68 valence electrons. The lowest BCUT2D eigenvalue weighted by molar-refractivity contribution is 1.33. The van der Waals surface area contributed by atoms with Crippen LogP contribution in [0.15, 0.2) is 17.5 Å². The number of hydrogen-bond acceptors (Lipinski definition) is 1. The number of benzene rings is 1. The average molecular weight is 323 g/mol. The fourth-order valence-electron chi connectivity index (χ4n) is 1.41. The van der Waals surface area contributed by atoms with E-state index in [9.17, 15) is 0 Å². The second kappa shape index (κ2) is 3.75. The third kappa shape index (κ3) is 1.60. The normalized spacial score (nSPS) is 11.0. The highest BCUT2D eigenvalue weighted by molar-refractivity contribution is 14.1. The molecular weight excluding hydrogens is 315 g/mol. The fraction of sp³-hybridized carbons (Fsp3) is 0.200. The topological polar surface area (TPSA) is 0 Å². The summed E-state index contributed by atoms with van der Waals surface area (Å²) in [5.74, 6) is 0.607. The number of rotatable bonds is 1. The van der Waals surface area contributed by atoms with Crippen molar-refractivity contribution in [1.29, 1.82) is 0 Å². The molecule has 0 nitrogen and oxygen atoms in total. The molecule has 0 aliphatic heterocycles. The summed E-state index contributed by atoms with van der Waals surface area (Å²) in [5.41, 5.74) is 2.58. The van der Waals surface area contributed by atoms with E-state index >= 15 is 0 Å². The molecule has 0 fully saturated rings. The Morgan fingerprint density at radius 2 is 2.31 bits per heavy atom. The number of halogens is 2. The molecule has 0 aliphatic rings. The number of aryl methyl sites for hydroxylation is 1. The van der Waals surface area contributed by atoms with Crippen LogP contribution < -0.4 is 0 Å². The van der Waals surface area contributed by atoms with Crippen molar-refractivity contribution in [2.24, 2.45) is 0 Å². The lowest BCUT2D eigenvalue weighted by atomic mass is 10.1. The van der Waals surface area contributed by atoms with Gasteiger partial charge in [0, 0.05) is 19.5 Å². The van der Waals surface area contributed by atoms with Gasteiger partial charge in [0.25, 0.3) is 0 Å². The zero-order valence-electron chi connectivity index (χ0n) is 7.10. The standard InChI is InChI=1S/C10H8ClIS/c1-6-7(5-11)4-9(12)8-2-3-13-10(6)8/h2-4H,5H2,1H3. The van der Waals surface area contributed by atoms with E-state index in [4.69, 9.17) is 11.6 Å². The van der Waals surface area contributed by atoms with E-state index in [1.54, 1.807) is 11.3 Å². The first-order valence-corrected chi connectivity index (χ1v) is 6.44. The van der Waals surface area contributed by atoms with Gasteiger partial charge in [0.1, 0.15) is 0 Å². The van der Waals surface area contributed by atoms with Gasteiger partial charge < -0.3 is 0 Å². The van der Waals surface area contributed by atoms with Crippen LogP contribution in [0.1, 0.15) is 11.1 Å². The molecule has 1 heterocycles. The van der Waals surface area contributed by atoms with Crippen LogP contribution in [0.5, 0.6) is 0 Å². The van der Waals surface area contributed by atoms with E-state index in [0.717, 1.165) is 0 Å². The van der Waals surface area contributed by atoms with Gasteiger partial charge in [-0.3, -0.25) is 0 Å². The first-order valence-electron chi connectivity index (χ1n) is 3.95. The molecule has 0 N–H and O–H groups in total. The molecule has 1 aromatic heterocycles. The van der Waals surface area contributed by atoms with Crippen LogP contribution in [0.3, 0.4) is 0 Å². The highest BCUT2D eigenvalue weighted by Gasteiger charge is 2.07. The molecule has 2 rings (SSSR count). The van der Waals surface area contributed by atoms with Gasteiger partial charge in [-0.1, -0.05) is 0 Å². The Kier molecular flexibility index (Phi) is 2.81. The molecule has 0 aliphatic carbocycles. The van der Waals surface area contributed by atoms with Crippen molar-refractivity contribution in [2.45, 2.75) is 12.8 Å². The van der Waals surface area contributed by atoms with Gasteiger partial charge in [-0.25, -0.2) is 0 Å². The van der Waals surface area contributed by atoms with Crippen molar-refractivity contribution in [1.82, 2.24) is 0 Å². The molecule has 0 saturated carbocycles.